The van der Waals surface area contributed by atoms with Crippen molar-refractivity contribution in [1.82, 2.24) is 14.5 Å². The second-order valence-corrected chi connectivity index (χ2v) is 10.9. The van der Waals surface area contributed by atoms with Crippen LogP contribution in [0.5, 0.6) is 0 Å². The third-order valence-electron chi connectivity index (χ3n) is 6.28. The van der Waals surface area contributed by atoms with Crippen LogP contribution in [-0.2, 0) is 24.2 Å². The lowest BCUT2D eigenvalue weighted by Gasteiger charge is -2.22. The van der Waals surface area contributed by atoms with Gasteiger partial charge in [-0.1, -0.05) is 18.7 Å². The summed E-state index contributed by atoms with van der Waals surface area (Å²) < 4.78 is 7.23. The Morgan fingerprint density at radius 1 is 1.34 bits per heavy atom. The Morgan fingerprint density at radius 2 is 2.19 bits per heavy atom. The summed E-state index contributed by atoms with van der Waals surface area (Å²) in [5.74, 6) is 1.81. The fourth-order valence-electron chi connectivity index (χ4n) is 4.45. The van der Waals surface area contributed by atoms with Gasteiger partial charge in [0.05, 0.1) is 23.9 Å². The molecule has 1 fully saturated rings. The molecule has 3 heterocycles. The molecule has 1 saturated carbocycles. The number of rotatable bonds is 9. The van der Waals surface area contributed by atoms with Crippen molar-refractivity contribution in [3.05, 3.63) is 45.0 Å². The number of furan rings is 1. The van der Waals surface area contributed by atoms with Crippen molar-refractivity contribution >= 4 is 39.2 Å². The van der Waals surface area contributed by atoms with Crippen molar-refractivity contribution in [2.75, 3.05) is 18.8 Å². The molecule has 0 N–H and O–H groups in total. The third-order valence-corrected chi connectivity index (χ3v) is 8.43. The largest absolute Gasteiger partial charge is 0.467 e. The van der Waals surface area contributed by atoms with Crippen LogP contribution < -0.4 is 5.56 Å². The fourth-order valence-corrected chi connectivity index (χ4v) is 6.65. The number of hydrogen-bond donors (Lipinski definition) is 0. The summed E-state index contributed by atoms with van der Waals surface area (Å²) in [5, 5.41) is 1.38. The van der Waals surface area contributed by atoms with E-state index in [0.29, 0.717) is 29.1 Å². The predicted molar refractivity (Wildman–Crippen MR) is 129 cm³/mol. The average molecular weight is 472 g/mol. The van der Waals surface area contributed by atoms with E-state index < -0.39 is 0 Å². The van der Waals surface area contributed by atoms with Crippen LogP contribution in [0, 0.1) is 5.92 Å². The zero-order valence-electron chi connectivity index (χ0n) is 18.5. The maximum Gasteiger partial charge on any atom is 0.263 e. The lowest BCUT2D eigenvalue weighted by molar-refractivity contribution is -0.128. The summed E-state index contributed by atoms with van der Waals surface area (Å²) in [5.41, 5.74) is 1.18. The molecule has 0 aromatic carbocycles. The Hall–Kier alpha value is -2.06. The molecule has 3 aromatic heterocycles. The van der Waals surface area contributed by atoms with Crippen LogP contribution in [0.2, 0.25) is 0 Å². The van der Waals surface area contributed by atoms with Crippen molar-refractivity contribution in [2.45, 2.75) is 63.6 Å². The quantitative estimate of drug-likeness (QED) is 0.334. The Bertz CT molecular complexity index is 1160. The summed E-state index contributed by atoms with van der Waals surface area (Å²) in [4.78, 5) is 35.6. The van der Waals surface area contributed by atoms with Crippen LogP contribution in [0.25, 0.3) is 10.2 Å². The number of carbonyl (C=O) groups excluding carboxylic acids is 1. The van der Waals surface area contributed by atoms with Crippen LogP contribution in [0.15, 0.2) is 32.8 Å². The minimum atomic E-state index is -0.0101. The van der Waals surface area contributed by atoms with Crippen molar-refractivity contribution in [3.63, 3.8) is 0 Å². The molecule has 0 bridgehead atoms. The van der Waals surface area contributed by atoms with Gasteiger partial charge in [-0.25, -0.2) is 4.98 Å². The molecule has 0 saturated heterocycles. The van der Waals surface area contributed by atoms with Gasteiger partial charge in [-0.2, -0.15) is 0 Å². The van der Waals surface area contributed by atoms with Gasteiger partial charge in [0.1, 0.15) is 10.6 Å². The van der Waals surface area contributed by atoms with E-state index in [-0.39, 0.29) is 11.5 Å². The second kappa shape index (κ2) is 9.43. The topological polar surface area (TPSA) is 68.3 Å². The summed E-state index contributed by atoms with van der Waals surface area (Å²) >= 11 is 3.03. The molecule has 170 valence electrons. The molecule has 0 unspecified atom stereocenters. The molecule has 5 rings (SSSR count). The zero-order chi connectivity index (χ0) is 22.1. The number of amides is 1. The van der Waals surface area contributed by atoms with Gasteiger partial charge in [0.25, 0.3) is 5.56 Å². The summed E-state index contributed by atoms with van der Waals surface area (Å²) in [6.07, 6.45) is 9.30. The van der Waals surface area contributed by atoms with E-state index in [1.165, 1.54) is 41.5 Å². The summed E-state index contributed by atoms with van der Waals surface area (Å²) in [6.45, 7) is 4.09. The highest BCUT2D eigenvalue weighted by molar-refractivity contribution is 7.99. The van der Waals surface area contributed by atoms with Gasteiger partial charge in [-0.05, 0) is 68.6 Å². The number of carbonyl (C=O) groups is 1. The zero-order valence-corrected chi connectivity index (χ0v) is 20.1. The van der Waals surface area contributed by atoms with Crippen molar-refractivity contribution < 1.29 is 9.21 Å². The minimum Gasteiger partial charge on any atom is -0.467 e. The molecule has 2 aliphatic rings. The minimum absolute atomic E-state index is 0.0101. The number of thiophene rings is 1. The van der Waals surface area contributed by atoms with Gasteiger partial charge in [0.2, 0.25) is 5.91 Å². The molecule has 6 nitrogen and oxygen atoms in total. The monoisotopic (exact) mass is 471 g/mol. The second-order valence-electron chi connectivity index (χ2n) is 8.83. The summed E-state index contributed by atoms with van der Waals surface area (Å²) in [7, 11) is 0. The van der Waals surface area contributed by atoms with Crippen LogP contribution in [0.1, 0.15) is 55.2 Å². The first-order chi connectivity index (χ1) is 15.6. The molecule has 0 atom stereocenters. The first-order valence-electron chi connectivity index (χ1n) is 11.6. The predicted octanol–water partition coefficient (Wildman–Crippen LogP) is 4.72. The van der Waals surface area contributed by atoms with Crippen molar-refractivity contribution in [2.24, 2.45) is 5.92 Å². The number of hydrogen-bond acceptors (Lipinski definition) is 6. The molecular weight excluding hydrogens is 442 g/mol. The van der Waals surface area contributed by atoms with Gasteiger partial charge >= 0.3 is 0 Å². The van der Waals surface area contributed by atoms with Crippen LogP contribution >= 0.6 is 23.1 Å². The van der Waals surface area contributed by atoms with Gasteiger partial charge in [0.15, 0.2) is 5.16 Å². The molecule has 32 heavy (non-hydrogen) atoms. The molecular formula is C24H29N3O3S2. The van der Waals surface area contributed by atoms with Gasteiger partial charge in [0, 0.05) is 18.0 Å². The standard InChI is InChI=1S/C24H29N3O3S2/c1-2-11-26(13-16-9-10-16)20(28)15-31-24-25-22-21(18-7-3-4-8-19(18)32-22)23(29)27(24)14-17-6-5-12-30-17/h5-6,12,16H,2-4,7-11,13-15H2,1H3. The van der Waals surface area contributed by atoms with E-state index in [2.05, 4.69) is 6.92 Å². The molecule has 0 radical (unpaired) electrons. The van der Waals surface area contributed by atoms with Crippen LogP contribution in [0.3, 0.4) is 0 Å². The molecule has 8 heteroatoms. The normalized spacial score (nSPS) is 15.8. The van der Waals surface area contributed by atoms with E-state index in [0.717, 1.165) is 49.0 Å². The van der Waals surface area contributed by atoms with Crippen LogP contribution in [-0.4, -0.2) is 39.2 Å². The number of thioether (sulfide) groups is 1. The highest BCUT2D eigenvalue weighted by Crippen LogP contribution is 2.35. The van der Waals surface area contributed by atoms with E-state index in [4.69, 9.17) is 9.40 Å². The number of aromatic nitrogens is 2. The van der Waals surface area contributed by atoms with Gasteiger partial charge in [-0.3, -0.25) is 14.2 Å². The lowest BCUT2D eigenvalue weighted by Crippen LogP contribution is -2.35. The average Bonchev–Trinajstić information content (AvgIpc) is 3.31. The first kappa shape index (κ1) is 21.8. The third kappa shape index (κ3) is 4.53. The Labute approximate surface area is 196 Å². The van der Waals surface area contributed by atoms with E-state index in [9.17, 15) is 9.59 Å². The Morgan fingerprint density at radius 3 is 2.94 bits per heavy atom. The van der Waals surface area contributed by atoms with E-state index in [1.807, 2.05) is 17.0 Å². The maximum atomic E-state index is 13.6. The first-order valence-corrected chi connectivity index (χ1v) is 13.4. The molecule has 3 aromatic rings. The van der Waals surface area contributed by atoms with Gasteiger partial charge in [-0.15, -0.1) is 11.3 Å². The highest BCUT2D eigenvalue weighted by atomic mass is 32.2. The Balaban J connectivity index is 1.46. The molecule has 1 amide bonds. The molecule has 0 aliphatic heterocycles. The number of nitrogens with zero attached hydrogens (tertiary/aromatic N) is 3. The van der Waals surface area contributed by atoms with Gasteiger partial charge < -0.3 is 9.32 Å². The number of aryl methyl sites for hydroxylation is 2. The van der Waals surface area contributed by atoms with E-state index in [1.54, 1.807) is 22.2 Å². The Kier molecular flexibility index (Phi) is 6.42. The molecule has 2 aliphatic carbocycles. The smallest absolute Gasteiger partial charge is 0.263 e. The lowest BCUT2D eigenvalue weighted by atomic mass is 9.97. The summed E-state index contributed by atoms with van der Waals surface area (Å²) in [6, 6.07) is 3.70. The van der Waals surface area contributed by atoms with Crippen molar-refractivity contribution in [3.8, 4) is 0 Å². The fraction of sp³-hybridized carbons (Fsp3) is 0.542. The highest BCUT2D eigenvalue weighted by Gasteiger charge is 2.27. The van der Waals surface area contributed by atoms with E-state index >= 15 is 0 Å². The number of fused-ring (bicyclic) bond motifs is 3. The van der Waals surface area contributed by atoms with Crippen molar-refractivity contribution in [1.29, 1.82) is 0 Å². The SMILES string of the molecule is CCCN(CC1CC1)C(=O)CSc1nc2sc3c(c2c(=O)n1Cc1ccco1)CCCC3. The maximum absolute atomic E-state index is 13.6. The molecule has 0 spiro atoms. The van der Waals surface area contributed by atoms with Crippen LogP contribution in [0.4, 0.5) is 0 Å².